The smallest absolute Gasteiger partial charge is 0.125 e. The van der Waals surface area contributed by atoms with Crippen LogP contribution in [0.4, 0.5) is 17.1 Å². The third kappa shape index (κ3) is 5.09. The molecule has 5 rings (SSSR count). The number of aromatic hydroxyl groups is 2. The van der Waals surface area contributed by atoms with E-state index in [1.807, 2.05) is 60.7 Å². The SMILES string of the molecule is Oc1ccc(/N=N/c2ccc(N(Cc3ccccn3)Cc3ccccn3)cc2)c2c(O)cccc12. The van der Waals surface area contributed by atoms with Gasteiger partial charge in [-0.2, -0.15) is 5.11 Å². The maximum atomic E-state index is 10.3. The van der Waals surface area contributed by atoms with E-state index in [2.05, 4.69) is 25.1 Å². The van der Waals surface area contributed by atoms with Crippen LogP contribution >= 0.6 is 0 Å². The van der Waals surface area contributed by atoms with Gasteiger partial charge in [-0.25, -0.2) is 0 Å². The van der Waals surface area contributed by atoms with Gasteiger partial charge < -0.3 is 15.1 Å². The van der Waals surface area contributed by atoms with Crippen molar-refractivity contribution in [1.29, 1.82) is 0 Å². The lowest BCUT2D eigenvalue weighted by Crippen LogP contribution is -2.23. The Morgan fingerprint density at radius 2 is 1.31 bits per heavy atom. The van der Waals surface area contributed by atoms with Gasteiger partial charge >= 0.3 is 0 Å². The molecule has 0 atom stereocenters. The van der Waals surface area contributed by atoms with Gasteiger partial charge in [-0.3, -0.25) is 9.97 Å². The molecule has 0 unspecified atom stereocenters. The first-order valence-corrected chi connectivity index (χ1v) is 11.2. The maximum absolute atomic E-state index is 10.3. The van der Waals surface area contributed by atoms with Crippen molar-refractivity contribution >= 4 is 27.8 Å². The quantitative estimate of drug-likeness (QED) is 0.264. The zero-order valence-corrected chi connectivity index (χ0v) is 18.9. The number of hydrogen-bond acceptors (Lipinski definition) is 7. The second-order valence-electron chi connectivity index (χ2n) is 8.02. The van der Waals surface area contributed by atoms with Gasteiger partial charge in [-0.15, -0.1) is 5.11 Å². The Balaban J connectivity index is 1.41. The predicted molar refractivity (Wildman–Crippen MR) is 136 cm³/mol. The Morgan fingerprint density at radius 3 is 1.94 bits per heavy atom. The van der Waals surface area contributed by atoms with Crippen LogP contribution in [0.15, 0.2) is 114 Å². The van der Waals surface area contributed by atoms with Crippen LogP contribution in [0.25, 0.3) is 10.8 Å². The van der Waals surface area contributed by atoms with E-state index in [1.54, 1.807) is 42.7 Å². The van der Waals surface area contributed by atoms with E-state index in [9.17, 15) is 10.2 Å². The van der Waals surface area contributed by atoms with Crippen LogP contribution in [0.2, 0.25) is 0 Å². The molecule has 7 nitrogen and oxygen atoms in total. The number of aromatic nitrogens is 2. The Morgan fingerprint density at radius 1 is 0.629 bits per heavy atom. The van der Waals surface area contributed by atoms with Crippen LogP contribution in [0.3, 0.4) is 0 Å². The number of hydrogen-bond donors (Lipinski definition) is 2. The van der Waals surface area contributed by atoms with E-state index < -0.39 is 0 Å². The highest BCUT2D eigenvalue weighted by Gasteiger charge is 2.11. The molecular weight excluding hydrogens is 438 g/mol. The van der Waals surface area contributed by atoms with Crippen molar-refractivity contribution in [2.45, 2.75) is 13.1 Å². The minimum Gasteiger partial charge on any atom is -0.507 e. The number of nitrogens with zero attached hydrogens (tertiary/aromatic N) is 5. The first-order valence-electron chi connectivity index (χ1n) is 11.2. The number of phenols is 2. The lowest BCUT2D eigenvalue weighted by atomic mass is 10.1. The minimum atomic E-state index is 0.0439. The van der Waals surface area contributed by atoms with Crippen molar-refractivity contribution in [3.63, 3.8) is 0 Å². The fraction of sp³-hybridized carbons (Fsp3) is 0.0714. The highest BCUT2D eigenvalue weighted by Crippen LogP contribution is 2.38. The van der Waals surface area contributed by atoms with E-state index >= 15 is 0 Å². The molecule has 0 aliphatic carbocycles. The molecule has 0 radical (unpaired) electrons. The number of benzene rings is 3. The summed E-state index contributed by atoms with van der Waals surface area (Å²) in [4.78, 5) is 11.1. The molecule has 0 amide bonds. The largest absolute Gasteiger partial charge is 0.507 e. The summed E-state index contributed by atoms with van der Waals surface area (Å²) in [5.41, 5.74) is 4.08. The number of azo groups is 1. The van der Waals surface area contributed by atoms with Crippen LogP contribution in [0.5, 0.6) is 11.5 Å². The molecule has 35 heavy (non-hydrogen) atoms. The molecule has 172 valence electrons. The highest BCUT2D eigenvalue weighted by molar-refractivity contribution is 6.00. The Hall–Kier alpha value is -4.78. The van der Waals surface area contributed by atoms with Crippen molar-refractivity contribution < 1.29 is 10.2 Å². The van der Waals surface area contributed by atoms with Gasteiger partial charge in [0, 0.05) is 23.5 Å². The first kappa shape index (κ1) is 22.0. The lowest BCUT2D eigenvalue weighted by Gasteiger charge is -2.24. The Labute approximate surface area is 202 Å². The van der Waals surface area contributed by atoms with E-state index in [-0.39, 0.29) is 11.5 Å². The van der Waals surface area contributed by atoms with Crippen LogP contribution in [0.1, 0.15) is 11.4 Å². The van der Waals surface area contributed by atoms with Crippen LogP contribution in [-0.4, -0.2) is 20.2 Å². The summed E-state index contributed by atoms with van der Waals surface area (Å²) in [5.74, 6) is 0.127. The average molecular weight is 462 g/mol. The number of phenolic OH excluding ortho intramolecular Hbond substituents is 2. The van der Waals surface area contributed by atoms with Crippen LogP contribution in [0, 0.1) is 0 Å². The van der Waals surface area contributed by atoms with Gasteiger partial charge in [0.05, 0.1) is 41.2 Å². The maximum Gasteiger partial charge on any atom is 0.125 e. The van der Waals surface area contributed by atoms with E-state index in [1.165, 1.54) is 0 Å². The van der Waals surface area contributed by atoms with E-state index in [0.29, 0.717) is 35.2 Å². The monoisotopic (exact) mass is 461 g/mol. The average Bonchev–Trinajstić information content (AvgIpc) is 2.90. The zero-order valence-electron chi connectivity index (χ0n) is 18.9. The van der Waals surface area contributed by atoms with Crippen molar-refractivity contribution in [1.82, 2.24) is 9.97 Å². The summed E-state index contributed by atoms with van der Waals surface area (Å²) in [6, 6.07) is 27.7. The second kappa shape index (κ2) is 10.0. The molecule has 5 aromatic rings. The second-order valence-corrected chi connectivity index (χ2v) is 8.02. The predicted octanol–water partition coefficient (Wildman–Crippen LogP) is 6.66. The van der Waals surface area contributed by atoms with Gasteiger partial charge in [0.15, 0.2) is 0 Å². The number of fused-ring (bicyclic) bond motifs is 1. The summed E-state index contributed by atoms with van der Waals surface area (Å²) in [6.07, 6.45) is 3.59. The molecule has 2 heterocycles. The van der Waals surface area contributed by atoms with Gasteiger partial charge in [0.2, 0.25) is 0 Å². The summed E-state index contributed by atoms with van der Waals surface area (Å²) in [7, 11) is 0. The van der Waals surface area contributed by atoms with Crippen molar-refractivity contribution in [3.05, 3.63) is 115 Å². The fourth-order valence-electron chi connectivity index (χ4n) is 3.89. The number of anilines is 1. The third-order valence-electron chi connectivity index (χ3n) is 5.62. The topological polar surface area (TPSA) is 94.2 Å². The lowest BCUT2D eigenvalue weighted by molar-refractivity contribution is 0.475. The molecule has 2 N–H and O–H groups in total. The molecule has 0 spiro atoms. The zero-order chi connectivity index (χ0) is 24.0. The molecule has 7 heteroatoms. The van der Waals surface area contributed by atoms with Crippen molar-refractivity contribution in [3.8, 4) is 11.5 Å². The Kier molecular flexibility index (Phi) is 6.30. The molecule has 0 saturated carbocycles. The Bertz CT molecular complexity index is 1410. The van der Waals surface area contributed by atoms with E-state index in [0.717, 1.165) is 17.1 Å². The third-order valence-corrected chi connectivity index (χ3v) is 5.62. The highest BCUT2D eigenvalue weighted by atomic mass is 16.3. The number of rotatable bonds is 7. The summed E-state index contributed by atoms with van der Waals surface area (Å²) >= 11 is 0. The summed E-state index contributed by atoms with van der Waals surface area (Å²) in [5, 5.41) is 30.1. The molecule has 0 aliphatic rings. The molecule has 0 fully saturated rings. The van der Waals surface area contributed by atoms with Gasteiger partial charge in [0.1, 0.15) is 11.5 Å². The van der Waals surface area contributed by atoms with Crippen molar-refractivity contribution in [2.75, 3.05) is 4.90 Å². The fourth-order valence-corrected chi connectivity index (χ4v) is 3.89. The van der Waals surface area contributed by atoms with E-state index in [4.69, 9.17) is 0 Å². The molecule has 0 saturated heterocycles. The van der Waals surface area contributed by atoms with Gasteiger partial charge in [-0.1, -0.05) is 24.3 Å². The standard InChI is InChI=1S/C28H23N5O2/c34-26-15-14-25(28-24(26)8-5-9-27(28)35)32-31-20-10-12-23(13-11-20)33(18-21-6-1-3-16-29-21)19-22-7-2-4-17-30-22/h1-17,34-35H,18-19H2/b32-31+. The van der Waals surface area contributed by atoms with Crippen LogP contribution in [-0.2, 0) is 13.1 Å². The normalized spacial score (nSPS) is 11.2. The molecule has 2 aromatic heterocycles. The molecule has 0 bridgehead atoms. The molecule has 3 aromatic carbocycles. The summed E-state index contributed by atoms with van der Waals surface area (Å²) in [6.45, 7) is 1.27. The summed E-state index contributed by atoms with van der Waals surface area (Å²) < 4.78 is 0. The first-order chi connectivity index (χ1) is 17.2. The van der Waals surface area contributed by atoms with Crippen molar-refractivity contribution in [2.24, 2.45) is 10.2 Å². The minimum absolute atomic E-state index is 0.0439. The van der Waals surface area contributed by atoms with Gasteiger partial charge in [-0.05, 0) is 66.7 Å². The molecule has 0 aliphatic heterocycles. The van der Waals surface area contributed by atoms with Crippen LogP contribution < -0.4 is 4.90 Å². The number of pyridine rings is 2. The molecular formula is C28H23N5O2. The van der Waals surface area contributed by atoms with Gasteiger partial charge in [0.25, 0.3) is 0 Å².